The zero-order valence-corrected chi connectivity index (χ0v) is 12.3. The molecule has 0 aromatic heterocycles. The van der Waals surface area contributed by atoms with Crippen LogP contribution in [-0.2, 0) is 0 Å². The number of hydrogen-bond acceptors (Lipinski definition) is 0. The van der Waals surface area contributed by atoms with E-state index in [-0.39, 0.29) is 0 Å². The summed E-state index contributed by atoms with van der Waals surface area (Å²) in [6.07, 6.45) is 2.85. The molecule has 0 aliphatic carbocycles. The topological polar surface area (TPSA) is 0 Å². The third-order valence-corrected chi connectivity index (χ3v) is 17.0. The molecule has 0 rings (SSSR count). The fourth-order valence-electron chi connectivity index (χ4n) is 1.32. The standard InChI is InChI=1S/C4H9.2C3H7.Bi/c1-4(2)3;2*1-3-2;/h1-3H3;2*1,3H2,2H3;. The summed E-state index contributed by atoms with van der Waals surface area (Å²) >= 11 is -1.05. The third-order valence-electron chi connectivity index (χ3n) is 1.94. The van der Waals surface area contributed by atoms with Crippen LogP contribution in [0.4, 0.5) is 0 Å². The van der Waals surface area contributed by atoms with E-state index in [4.69, 9.17) is 0 Å². The molecule has 0 atom stereocenters. The molecule has 0 radical (unpaired) electrons. The van der Waals surface area contributed by atoms with Crippen LogP contribution in [0, 0.1) is 0 Å². The minimum atomic E-state index is -1.05. The van der Waals surface area contributed by atoms with Crippen molar-refractivity contribution in [3.8, 4) is 0 Å². The summed E-state index contributed by atoms with van der Waals surface area (Å²) in [4.78, 5) is 0. The Morgan fingerprint density at radius 2 is 1.27 bits per heavy atom. The Balaban J connectivity index is 3.88. The average Bonchev–Trinajstić information content (AvgIpc) is 1.85. The Labute approximate surface area is 80.4 Å². The van der Waals surface area contributed by atoms with Crippen LogP contribution in [0.15, 0.2) is 0 Å². The van der Waals surface area contributed by atoms with Gasteiger partial charge >= 0.3 is 80.6 Å². The van der Waals surface area contributed by atoms with Gasteiger partial charge in [-0.15, -0.1) is 0 Å². The van der Waals surface area contributed by atoms with Crippen LogP contribution in [-0.4, -0.2) is 21.8 Å². The van der Waals surface area contributed by atoms with Gasteiger partial charge in [0.25, 0.3) is 0 Å². The molecule has 0 bridgehead atoms. The molecular weight excluding hydrogens is 329 g/mol. The van der Waals surface area contributed by atoms with Gasteiger partial charge in [-0.25, -0.2) is 0 Å². The predicted molar refractivity (Wildman–Crippen MR) is 55.7 cm³/mol. The first-order chi connectivity index (χ1) is 5.02. The van der Waals surface area contributed by atoms with Crippen LogP contribution in [0.25, 0.3) is 0 Å². The molecule has 0 spiro atoms. The normalized spacial score (nSPS) is 12.5. The fourth-order valence-corrected chi connectivity index (χ4v) is 11.6. The monoisotopic (exact) mass is 352 g/mol. The molecule has 0 nitrogen and oxygen atoms in total. The van der Waals surface area contributed by atoms with Gasteiger partial charge in [-0.1, -0.05) is 0 Å². The van der Waals surface area contributed by atoms with Gasteiger partial charge < -0.3 is 0 Å². The van der Waals surface area contributed by atoms with Crippen molar-refractivity contribution in [1.29, 1.82) is 0 Å². The third kappa shape index (κ3) is 5.17. The van der Waals surface area contributed by atoms with Gasteiger partial charge in [-0.2, -0.15) is 0 Å². The van der Waals surface area contributed by atoms with Crippen molar-refractivity contribution in [1.82, 2.24) is 0 Å². The summed E-state index contributed by atoms with van der Waals surface area (Å²) < 4.78 is 3.93. The van der Waals surface area contributed by atoms with Gasteiger partial charge in [0.15, 0.2) is 0 Å². The second kappa shape index (κ2) is 5.52. The van der Waals surface area contributed by atoms with Gasteiger partial charge in [0.1, 0.15) is 0 Å². The molecule has 0 heterocycles. The van der Waals surface area contributed by atoms with Crippen molar-refractivity contribution in [2.75, 3.05) is 0 Å². The SMILES string of the molecule is CC[CH2][Bi]([CH2]CC)[C](C)(C)C. The maximum absolute atomic E-state index is 2.45. The molecule has 0 aliphatic rings. The molecule has 0 aromatic rings. The van der Waals surface area contributed by atoms with E-state index >= 15 is 0 Å². The van der Waals surface area contributed by atoms with Crippen LogP contribution in [0.1, 0.15) is 47.5 Å². The van der Waals surface area contributed by atoms with E-state index in [1.165, 1.54) is 12.8 Å². The van der Waals surface area contributed by atoms with Crippen molar-refractivity contribution in [2.45, 2.75) is 58.8 Å². The van der Waals surface area contributed by atoms with Crippen molar-refractivity contribution in [3.63, 3.8) is 0 Å². The van der Waals surface area contributed by atoms with Crippen LogP contribution >= 0.6 is 0 Å². The van der Waals surface area contributed by atoms with Gasteiger partial charge in [0.05, 0.1) is 0 Å². The van der Waals surface area contributed by atoms with E-state index in [0.717, 1.165) is 3.12 Å². The molecule has 0 unspecified atom stereocenters. The minimum absolute atomic E-state index is 0.724. The maximum atomic E-state index is 2.45. The zero-order chi connectivity index (χ0) is 8.91. The first-order valence-corrected chi connectivity index (χ1v) is 11.4. The quantitative estimate of drug-likeness (QED) is 0.669. The molecule has 0 N–H and O–H groups in total. The average molecular weight is 352 g/mol. The Morgan fingerprint density at radius 1 is 0.909 bits per heavy atom. The van der Waals surface area contributed by atoms with E-state index < -0.39 is 21.8 Å². The van der Waals surface area contributed by atoms with Gasteiger partial charge in [-0.3, -0.25) is 0 Å². The van der Waals surface area contributed by atoms with Crippen molar-refractivity contribution in [3.05, 3.63) is 0 Å². The Bertz CT molecular complexity index is 85.5. The summed E-state index contributed by atoms with van der Waals surface area (Å²) in [6.45, 7) is 12.0. The van der Waals surface area contributed by atoms with Crippen LogP contribution in [0.5, 0.6) is 0 Å². The van der Waals surface area contributed by atoms with Crippen LogP contribution in [0.2, 0.25) is 11.4 Å². The molecule has 0 saturated heterocycles. The molecular formula is C10H23Bi. The molecule has 0 aliphatic heterocycles. The predicted octanol–water partition coefficient (Wildman–Crippen LogP) is 4.10. The van der Waals surface area contributed by atoms with Crippen molar-refractivity contribution < 1.29 is 0 Å². The molecule has 0 amide bonds. The first kappa shape index (κ1) is 11.9. The summed E-state index contributed by atoms with van der Waals surface area (Å²) in [5.41, 5.74) is 0. The second-order valence-electron chi connectivity index (χ2n) is 4.16. The molecule has 68 valence electrons. The summed E-state index contributed by atoms with van der Waals surface area (Å²) in [7, 11) is 0. The first-order valence-electron chi connectivity index (χ1n) is 4.77. The molecule has 0 saturated carbocycles. The van der Waals surface area contributed by atoms with E-state index in [9.17, 15) is 0 Å². The summed E-state index contributed by atoms with van der Waals surface area (Å²) in [6, 6.07) is 0. The Kier molecular flexibility index (Phi) is 5.96. The molecule has 1 heteroatoms. The summed E-state index contributed by atoms with van der Waals surface area (Å²) in [5, 5.41) is 0. The number of rotatable bonds is 4. The molecule has 0 fully saturated rings. The van der Waals surface area contributed by atoms with E-state index in [1.807, 2.05) is 0 Å². The van der Waals surface area contributed by atoms with E-state index in [0.29, 0.717) is 0 Å². The van der Waals surface area contributed by atoms with Crippen molar-refractivity contribution in [2.24, 2.45) is 0 Å². The van der Waals surface area contributed by atoms with Crippen LogP contribution < -0.4 is 0 Å². The Hall–Kier alpha value is 0.883. The van der Waals surface area contributed by atoms with Crippen LogP contribution in [0.3, 0.4) is 0 Å². The summed E-state index contributed by atoms with van der Waals surface area (Å²) in [5.74, 6) is 0. The van der Waals surface area contributed by atoms with Crippen molar-refractivity contribution >= 4 is 21.8 Å². The van der Waals surface area contributed by atoms with E-state index in [1.54, 1.807) is 8.26 Å². The molecule has 11 heavy (non-hydrogen) atoms. The zero-order valence-electron chi connectivity index (χ0n) is 8.78. The van der Waals surface area contributed by atoms with Gasteiger partial charge in [0.2, 0.25) is 0 Å². The van der Waals surface area contributed by atoms with Gasteiger partial charge in [-0.05, 0) is 0 Å². The fraction of sp³-hybridized carbons (Fsp3) is 1.00. The second-order valence-corrected chi connectivity index (χ2v) is 17.0. The van der Waals surface area contributed by atoms with E-state index in [2.05, 4.69) is 34.6 Å². The number of hydrogen-bond donors (Lipinski definition) is 0. The Morgan fingerprint density at radius 3 is 1.45 bits per heavy atom. The molecule has 0 aromatic carbocycles. The van der Waals surface area contributed by atoms with Gasteiger partial charge in [0, 0.05) is 0 Å².